The van der Waals surface area contributed by atoms with Gasteiger partial charge in [-0.3, -0.25) is 4.52 Å². The van der Waals surface area contributed by atoms with Crippen molar-refractivity contribution in [1.29, 1.82) is 0 Å². The van der Waals surface area contributed by atoms with Gasteiger partial charge >= 0.3 is 7.82 Å². The first kappa shape index (κ1) is 30.5. The van der Waals surface area contributed by atoms with E-state index >= 15 is 0 Å². The number of unbranched alkanes of at least 4 members (excludes halogenated alkanes) is 13. The highest BCUT2D eigenvalue weighted by Crippen LogP contribution is 2.38. The molecule has 0 radical (unpaired) electrons. The van der Waals surface area contributed by atoms with E-state index in [4.69, 9.17) is 14.3 Å². The second-order valence-corrected chi connectivity index (χ2v) is 12.5. The Morgan fingerprint density at radius 2 is 1.31 bits per heavy atom. The van der Waals surface area contributed by atoms with Gasteiger partial charge in [0, 0.05) is 0 Å². The molecule has 0 aromatic carbocycles. The molecule has 1 aliphatic rings. The first-order valence-corrected chi connectivity index (χ1v) is 16.5. The van der Waals surface area contributed by atoms with Gasteiger partial charge in [-0.05, 0) is 36.2 Å². The second kappa shape index (κ2) is 20.8. The van der Waals surface area contributed by atoms with Crippen LogP contribution in [-0.4, -0.2) is 27.9 Å². The fourth-order valence-electron chi connectivity index (χ4n) is 4.93. The topological polar surface area (TPSA) is 66.8 Å². The van der Waals surface area contributed by atoms with E-state index in [2.05, 4.69) is 6.92 Å². The highest BCUT2D eigenvalue weighted by Gasteiger charge is 2.22. The average Bonchev–Trinajstić information content (AvgIpc) is 2.77. The predicted octanol–water partition coefficient (Wildman–Crippen LogP) is 8.90. The van der Waals surface area contributed by atoms with Crippen LogP contribution in [0.4, 0.5) is 0 Å². The summed E-state index contributed by atoms with van der Waals surface area (Å²) in [5.74, 6) is 3.11. The van der Waals surface area contributed by atoms with E-state index in [9.17, 15) is 4.57 Å². The molecule has 4 nitrogen and oxygen atoms in total. The Labute approximate surface area is 203 Å². The number of phosphoric acid groups is 1. The third-order valence-electron chi connectivity index (χ3n) is 6.87. The molecule has 1 atom stereocenters. The molecule has 2 N–H and O–H groups in total. The maximum atomic E-state index is 11.1. The van der Waals surface area contributed by atoms with Gasteiger partial charge in [-0.25, -0.2) is 4.57 Å². The fourth-order valence-corrected chi connectivity index (χ4v) is 6.48. The van der Waals surface area contributed by atoms with Crippen LogP contribution in [0.15, 0.2) is 0 Å². The van der Waals surface area contributed by atoms with Gasteiger partial charge in [-0.15, -0.1) is 0 Å². The number of rotatable bonds is 22. The van der Waals surface area contributed by atoms with Gasteiger partial charge in [-0.2, -0.15) is 11.8 Å². The quantitative estimate of drug-likeness (QED) is 0.117. The van der Waals surface area contributed by atoms with Crippen LogP contribution in [0.3, 0.4) is 0 Å². The van der Waals surface area contributed by atoms with Crippen LogP contribution in [0.5, 0.6) is 0 Å². The van der Waals surface area contributed by atoms with Crippen molar-refractivity contribution in [2.24, 2.45) is 11.8 Å². The molecular formula is C26H53O4PS. The lowest BCUT2D eigenvalue weighted by Gasteiger charge is -2.26. The standard InChI is InChI=1S/C26H53O4PS/c1-2-3-4-5-6-7-8-9-10-11-12-13-14-18-21-32-24-26(23-30-31(27,28)29)22-25-19-16-15-17-20-25/h25-26H,2-24H2,1H3,(H2,27,28,29). The fraction of sp³-hybridized carbons (Fsp3) is 1.00. The van der Waals surface area contributed by atoms with Gasteiger partial charge in [0.15, 0.2) is 0 Å². The Balaban J connectivity index is 1.96. The number of thioether (sulfide) groups is 1. The molecule has 6 heteroatoms. The van der Waals surface area contributed by atoms with Gasteiger partial charge in [0.2, 0.25) is 0 Å². The van der Waals surface area contributed by atoms with Crippen LogP contribution in [0.2, 0.25) is 0 Å². The summed E-state index contributed by atoms with van der Waals surface area (Å²) in [5, 5.41) is 0. The van der Waals surface area contributed by atoms with Crippen LogP contribution in [0, 0.1) is 11.8 Å². The maximum Gasteiger partial charge on any atom is 0.469 e. The molecule has 0 heterocycles. The largest absolute Gasteiger partial charge is 0.469 e. The Morgan fingerprint density at radius 3 is 1.81 bits per heavy atom. The van der Waals surface area contributed by atoms with Crippen molar-refractivity contribution in [3.8, 4) is 0 Å². The summed E-state index contributed by atoms with van der Waals surface area (Å²) in [4.78, 5) is 18.1. The predicted molar refractivity (Wildman–Crippen MR) is 140 cm³/mol. The van der Waals surface area contributed by atoms with E-state index in [1.54, 1.807) is 0 Å². The monoisotopic (exact) mass is 492 g/mol. The summed E-state index contributed by atoms with van der Waals surface area (Å²) in [6, 6.07) is 0. The minimum atomic E-state index is -4.36. The van der Waals surface area contributed by atoms with E-state index in [0.29, 0.717) is 0 Å². The van der Waals surface area contributed by atoms with E-state index in [-0.39, 0.29) is 12.5 Å². The molecule has 192 valence electrons. The third-order valence-corrected chi connectivity index (χ3v) is 8.64. The van der Waals surface area contributed by atoms with Crippen molar-refractivity contribution < 1.29 is 18.9 Å². The average molecular weight is 493 g/mol. The molecule has 1 rings (SSSR count). The smallest absolute Gasteiger partial charge is 0.303 e. The molecule has 0 spiro atoms. The van der Waals surface area contributed by atoms with Crippen molar-refractivity contribution in [1.82, 2.24) is 0 Å². The summed E-state index contributed by atoms with van der Waals surface area (Å²) in [7, 11) is -4.36. The van der Waals surface area contributed by atoms with Crippen LogP contribution < -0.4 is 0 Å². The number of hydrogen-bond acceptors (Lipinski definition) is 3. The zero-order valence-corrected chi connectivity index (χ0v) is 22.7. The van der Waals surface area contributed by atoms with Crippen molar-refractivity contribution in [2.45, 2.75) is 135 Å². The van der Waals surface area contributed by atoms with Gasteiger partial charge in [0.05, 0.1) is 6.61 Å². The Bertz CT molecular complexity index is 451. The van der Waals surface area contributed by atoms with Crippen LogP contribution in [0.25, 0.3) is 0 Å². The minimum absolute atomic E-state index is 0.201. The summed E-state index contributed by atoms with van der Waals surface area (Å²) in [6.45, 7) is 2.48. The normalized spacial score (nSPS) is 16.5. The summed E-state index contributed by atoms with van der Waals surface area (Å²) in [6.07, 6.45) is 27.0. The molecule has 0 aromatic heterocycles. The van der Waals surface area contributed by atoms with Crippen LogP contribution in [-0.2, 0) is 9.09 Å². The lowest BCUT2D eigenvalue weighted by Crippen LogP contribution is -2.18. The van der Waals surface area contributed by atoms with Gasteiger partial charge in [0.25, 0.3) is 0 Å². The molecule has 1 saturated carbocycles. The summed E-state index contributed by atoms with van der Waals surface area (Å²) >= 11 is 1.95. The minimum Gasteiger partial charge on any atom is -0.303 e. The van der Waals surface area contributed by atoms with Crippen molar-refractivity contribution in [3.63, 3.8) is 0 Å². The van der Waals surface area contributed by atoms with E-state index < -0.39 is 7.82 Å². The molecule has 0 bridgehead atoms. The SMILES string of the molecule is CCCCCCCCCCCCCCCCSCC(COP(=O)(O)O)CC1CCCCC1. The number of hydrogen-bond donors (Lipinski definition) is 2. The zero-order chi connectivity index (χ0) is 23.3. The Hall–Kier alpha value is 0.460. The molecule has 0 aromatic rings. The highest BCUT2D eigenvalue weighted by molar-refractivity contribution is 7.99. The van der Waals surface area contributed by atoms with Crippen molar-refractivity contribution in [3.05, 3.63) is 0 Å². The zero-order valence-electron chi connectivity index (χ0n) is 21.0. The van der Waals surface area contributed by atoms with Crippen LogP contribution in [0.1, 0.15) is 135 Å². The summed E-state index contributed by atoms with van der Waals surface area (Å²) in [5.41, 5.74) is 0. The van der Waals surface area contributed by atoms with E-state index in [1.807, 2.05) is 11.8 Å². The van der Waals surface area contributed by atoms with Gasteiger partial charge < -0.3 is 9.79 Å². The molecule has 32 heavy (non-hydrogen) atoms. The molecule has 1 unspecified atom stereocenters. The number of phosphoric ester groups is 1. The van der Waals surface area contributed by atoms with Gasteiger partial charge in [-0.1, -0.05) is 122 Å². The molecule has 1 fully saturated rings. The van der Waals surface area contributed by atoms with E-state index in [0.717, 1.165) is 23.8 Å². The van der Waals surface area contributed by atoms with Gasteiger partial charge in [0.1, 0.15) is 0 Å². The van der Waals surface area contributed by atoms with Crippen molar-refractivity contribution in [2.75, 3.05) is 18.1 Å². The maximum absolute atomic E-state index is 11.1. The molecule has 0 aliphatic heterocycles. The lowest BCUT2D eigenvalue weighted by molar-refractivity contribution is 0.158. The lowest BCUT2D eigenvalue weighted by atomic mass is 9.83. The highest BCUT2D eigenvalue weighted by atomic mass is 32.2. The first-order chi connectivity index (χ1) is 15.5. The molecule has 0 saturated heterocycles. The molecule has 0 amide bonds. The Kier molecular flexibility index (Phi) is 19.8. The second-order valence-electron chi connectivity index (χ2n) is 10.1. The first-order valence-electron chi connectivity index (χ1n) is 13.8. The van der Waals surface area contributed by atoms with E-state index in [1.165, 1.54) is 122 Å². The molecular weight excluding hydrogens is 439 g/mol. The van der Waals surface area contributed by atoms with Crippen molar-refractivity contribution >= 4 is 19.6 Å². The molecule has 1 aliphatic carbocycles. The Morgan fingerprint density at radius 1 is 0.812 bits per heavy atom. The summed E-state index contributed by atoms with van der Waals surface area (Å²) < 4.78 is 16.0. The third kappa shape index (κ3) is 19.9. The van der Waals surface area contributed by atoms with Crippen LogP contribution >= 0.6 is 19.6 Å².